The van der Waals surface area contributed by atoms with Gasteiger partial charge in [-0.25, -0.2) is 0 Å². The van der Waals surface area contributed by atoms with Crippen LogP contribution in [0.1, 0.15) is 132 Å². The van der Waals surface area contributed by atoms with Crippen LogP contribution in [-0.4, -0.2) is 46.8 Å². The molecule has 6 rings (SSSR count). The van der Waals surface area contributed by atoms with E-state index >= 15 is 0 Å². The molecule has 7 heteroatoms. The van der Waals surface area contributed by atoms with Crippen LogP contribution in [0.4, 0.5) is 0 Å². The first kappa shape index (κ1) is 37.8. The summed E-state index contributed by atoms with van der Waals surface area (Å²) < 4.78 is 6.16. The summed E-state index contributed by atoms with van der Waals surface area (Å²) in [5, 5.41) is 9.60. The molecule has 0 radical (unpaired) electrons. The summed E-state index contributed by atoms with van der Waals surface area (Å²) in [5.74, 6) is -0.0458. The molecule has 280 valence electrons. The van der Waals surface area contributed by atoms with Crippen LogP contribution in [-0.2, 0) is 30.5 Å². The number of carbonyl (C=O) groups excluding carboxylic acids is 3. The van der Waals surface area contributed by atoms with Crippen LogP contribution in [0, 0.1) is 56.2 Å². The fraction of sp³-hybridized carbons (Fsp3) is 0.727. The summed E-state index contributed by atoms with van der Waals surface area (Å²) in [6, 6.07) is 10.1. The Morgan fingerprint density at radius 2 is 1.57 bits per heavy atom. The zero-order valence-electron chi connectivity index (χ0n) is 33.0. The summed E-state index contributed by atoms with van der Waals surface area (Å²) in [7, 11) is 1.91. The van der Waals surface area contributed by atoms with Gasteiger partial charge in [0.15, 0.2) is 5.78 Å². The third-order valence-electron chi connectivity index (χ3n) is 15.8. The first-order chi connectivity index (χ1) is 23.7. The number of fused-ring (bicyclic) bond motifs is 7. The molecular weight excluding hydrogens is 638 g/mol. The lowest BCUT2D eigenvalue weighted by atomic mass is 9.33. The van der Waals surface area contributed by atoms with E-state index in [0.29, 0.717) is 31.2 Å². The summed E-state index contributed by atoms with van der Waals surface area (Å²) >= 11 is 0. The normalized spacial score (nSPS) is 37.2. The molecule has 51 heavy (non-hydrogen) atoms. The summed E-state index contributed by atoms with van der Waals surface area (Å²) in [6.45, 7) is 20.0. The lowest BCUT2D eigenvalue weighted by Gasteiger charge is -2.72. The molecule has 1 amide bonds. The number of aliphatic carboxylic acids is 1. The van der Waals surface area contributed by atoms with Crippen LogP contribution in [0.5, 0.6) is 0 Å². The van der Waals surface area contributed by atoms with Gasteiger partial charge in [-0.1, -0.05) is 78.8 Å². The van der Waals surface area contributed by atoms with E-state index in [1.807, 2.05) is 30.1 Å². The van der Waals surface area contributed by atoms with Crippen LogP contribution in [0.2, 0.25) is 0 Å². The SMILES string of the molecule is CC(C)C1=C2[C@H]3CCC4C5(C)CC[C@H](OC(=O)CC(C)(C)C(=O)O)C(C)(C)C5CC[C@@]4(C)[C@]3(C)CC[C@@]2(C(=O)N(C)Cc2ccccc2)CC1=O. The van der Waals surface area contributed by atoms with E-state index in [0.717, 1.165) is 56.1 Å². The number of esters is 1. The Morgan fingerprint density at radius 1 is 0.902 bits per heavy atom. The topological polar surface area (TPSA) is 101 Å². The van der Waals surface area contributed by atoms with Gasteiger partial charge < -0.3 is 14.7 Å². The van der Waals surface area contributed by atoms with Crippen LogP contribution in [0.25, 0.3) is 0 Å². The van der Waals surface area contributed by atoms with Crippen molar-refractivity contribution < 1.29 is 29.0 Å². The monoisotopic (exact) mass is 701 g/mol. The van der Waals surface area contributed by atoms with Gasteiger partial charge in [0.1, 0.15) is 6.10 Å². The number of carboxylic acids is 1. The van der Waals surface area contributed by atoms with E-state index in [4.69, 9.17) is 4.74 Å². The Balaban J connectivity index is 1.30. The van der Waals surface area contributed by atoms with Gasteiger partial charge in [-0.15, -0.1) is 0 Å². The molecule has 1 aromatic carbocycles. The van der Waals surface area contributed by atoms with Crippen LogP contribution in [0.3, 0.4) is 0 Å². The molecule has 4 saturated carbocycles. The number of carbonyl (C=O) groups is 4. The lowest BCUT2D eigenvalue weighted by molar-refractivity contribution is -0.233. The van der Waals surface area contributed by atoms with Gasteiger partial charge in [0.25, 0.3) is 0 Å². The van der Waals surface area contributed by atoms with Gasteiger partial charge in [0.2, 0.25) is 5.91 Å². The van der Waals surface area contributed by atoms with Crippen molar-refractivity contribution >= 4 is 23.6 Å². The number of allylic oxidation sites excluding steroid dienone is 1. The Kier molecular flexibility index (Phi) is 9.32. The number of ketones is 1. The Bertz CT molecular complexity index is 1620. The van der Waals surface area contributed by atoms with Gasteiger partial charge in [-0.2, -0.15) is 0 Å². The van der Waals surface area contributed by atoms with Crippen LogP contribution in [0.15, 0.2) is 41.5 Å². The highest BCUT2D eigenvalue weighted by atomic mass is 16.5. The van der Waals surface area contributed by atoms with Crippen molar-refractivity contribution in [3.63, 3.8) is 0 Å². The number of Topliss-reactive ketones (excluding diaryl/α,β-unsaturated/α-hetero) is 1. The van der Waals surface area contributed by atoms with Gasteiger partial charge in [0.05, 0.1) is 17.3 Å². The molecule has 5 aliphatic carbocycles. The fourth-order valence-electron chi connectivity index (χ4n) is 13.0. The minimum absolute atomic E-state index is 0.0259. The van der Waals surface area contributed by atoms with E-state index < -0.39 is 22.8 Å². The minimum atomic E-state index is -1.17. The van der Waals surface area contributed by atoms with Crippen LogP contribution < -0.4 is 0 Å². The molecular formula is C44H63NO6. The molecule has 0 aromatic heterocycles. The molecule has 0 aliphatic heterocycles. The van der Waals surface area contributed by atoms with E-state index in [-0.39, 0.29) is 57.7 Å². The maximum absolute atomic E-state index is 14.8. The predicted octanol–water partition coefficient (Wildman–Crippen LogP) is 9.04. The third kappa shape index (κ3) is 5.64. The average Bonchev–Trinajstić information content (AvgIpc) is 3.35. The van der Waals surface area contributed by atoms with Crippen molar-refractivity contribution in [2.45, 2.75) is 139 Å². The van der Waals surface area contributed by atoms with Crippen molar-refractivity contribution in [1.82, 2.24) is 4.90 Å². The maximum atomic E-state index is 14.8. The largest absolute Gasteiger partial charge is 0.481 e. The second kappa shape index (κ2) is 12.6. The first-order valence-electron chi connectivity index (χ1n) is 19.7. The lowest BCUT2D eigenvalue weighted by Crippen LogP contribution is -2.66. The van der Waals surface area contributed by atoms with Gasteiger partial charge in [0, 0.05) is 25.4 Å². The molecule has 7 nitrogen and oxygen atoms in total. The molecule has 0 saturated heterocycles. The first-order valence-corrected chi connectivity index (χ1v) is 19.7. The molecule has 1 N–H and O–H groups in total. The van der Waals surface area contributed by atoms with Gasteiger partial charge >= 0.3 is 11.9 Å². The Morgan fingerprint density at radius 3 is 2.20 bits per heavy atom. The highest BCUT2D eigenvalue weighted by Crippen LogP contribution is 2.77. The predicted molar refractivity (Wildman–Crippen MR) is 198 cm³/mol. The standard InChI is InChI=1S/C44H63NO6/c1-27(2)35-30(46)24-44(37(48)45(10)26-28-14-12-11-13-15-28)23-22-42(8)29(36(35)44)16-17-32-41(7)20-19-33(51-34(47)25-39(3,4)38(49)50)40(5,6)31(41)18-21-43(32,42)9/h11-15,27,29,31-33H,16-26H2,1-10H3,(H,49,50)/t29-,31?,32?,33+,41?,42-,43-,44-/m1/s1. The highest BCUT2D eigenvalue weighted by Gasteiger charge is 2.71. The quantitative estimate of drug-likeness (QED) is 0.272. The van der Waals surface area contributed by atoms with Gasteiger partial charge in [-0.05, 0) is 122 Å². The van der Waals surface area contributed by atoms with Crippen molar-refractivity contribution in [3.8, 4) is 0 Å². The molecule has 5 aliphatic rings. The fourth-order valence-corrected chi connectivity index (χ4v) is 13.0. The number of nitrogens with zero attached hydrogens (tertiary/aromatic N) is 1. The number of benzene rings is 1. The molecule has 1 aromatic rings. The van der Waals surface area contributed by atoms with E-state index in [2.05, 4.69) is 60.6 Å². The summed E-state index contributed by atoms with van der Waals surface area (Å²) in [6.07, 6.45) is 7.44. The van der Waals surface area contributed by atoms with Crippen molar-refractivity contribution in [3.05, 3.63) is 47.0 Å². The number of rotatable bonds is 8. The molecule has 8 atom stereocenters. The second-order valence-electron chi connectivity index (χ2n) is 19.6. The average molecular weight is 702 g/mol. The number of carboxylic acid groups (broad SMARTS) is 1. The van der Waals surface area contributed by atoms with Crippen molar-refractivity contribution in [1.29, 1.82) is 0 Å². The number of amides is 1. The molecule has 0 heterocycles. The van der Waals surface area contributed by atoms with Crippen molar-refractivity contribution in [2.75, 3.05) is 7.05 Å². The number of ether oxygens (including phenoxy) is 1. The number of hydrogen-bond acceptors (Lipinski definition) is 5. The van der Waals surface area contributed by atoms with Crippen LogP contribution >= 0.6 is 0 Å². The number of hydrogen-bond donors (Lipinski definition) is 1. The van der Waals surface area contributed by atoms with E-state index in [1.165, 1.54) is 5.57 Å². The third-order valence-corrected chi connectivity index (χ3v) is 15.8. The highest BCUT2D eigenvalue weighted by molar-refractivity contribution is 6.06. The van der Waals surface area contributed by atoms with E-state index in [1.54, 1.807) is 13.8 Å². The Hall–Kier alpha value is -2.96. The maximum Gasteiger partial charge on any atom is 0.309 e. The summed E-state index contributed by atoms with van der Waals surface area (Å²) in [4.78, 5) is 55.5. The summed E-state index contributed by atoms with van der Waals surface area (Å²) in [5.41, 5.74) is 1.07. The Labute approximate surface area is 306 Å². The van der Waals surface area contributed by atoms with Crippen molar-refractivity contribution in [2.24, 2.45) is 56.2 Å². The smallest absolute Gasteiger partial charge is 0.309 e. The molecule has 0 spiro atoms. The van der Waals surface area contributed by atoms with E-state index in [9.17, 15) is 24.3 Å². The zero-order valence-corrected chi connectivity index (χ0v) is 33.0. The molecule has 0 bridgehead atoms. The molecule has 4 fully saturated rings. The molecule has 3 unspecified atom stereocenters. The minimum Gasteiger partial charge on any atom is -0.481 e. The van der Waals surface area contributed by atoms with Gasteiger partial charge in [-0.3, -0.25) is 19.2 Å². The second-order valence-corrected chi connectivity index (χ2v) is 19.6. The zero-order chi connectivity index (χ0) is 37.5.